The van der Waals surface area contributed by atoms with E-state index in [4.69, 9.17) is 5.73 Å². The molecule has 0 spiro atoms. The van der Waals surface area contributed by atoms with Crippen molar-refractivity contribution in [1.82, 2.24) is 24.1 Å². The molecule has 4 rings (SSSR count). The number of aryl methyl sites for hydroxylation is 1. The van der Waals surface area contributed by atoms with Crippen molar-refractivity contribution >= 4 is 28.4 Å². The summed E-state index contributed by atoms with van der Waals surface area (Å²) in [6, 6.07) is 5.76. The lowest BCUT2D eigenvalue weighted by atomic mass is 10.1. The number of hydrogen-bond acceptors (Lipinski definition) is 5. The predicted octanol–water partition coefficient (Wildman–Crippen LogP) is 1.42. The van der Waals surface area contributed by atoms with Crippen LogP contribution in [0, 0.1) is 0 Å². The molecule has 0 saturated heterocycles. The van der Waals surface area contributed by atoms with Crippen molar-refractivity contribution in [1.29, 1.82) is 0 Å². The molecule has 8 nitrogen and oxygen atoms in total. The summed E-state index contributed by atoms with van der Waals surface area (Å²) in [6.07, 6.45) is 5.15. The van der Waals surface area contributed by atoms with Gasteiger partial charge < -0.3 is 15.6 Å². The molecule has 0 radical (unpaired) electrons. The Morgan fingerprint density at radius 2 is 2.17 bits per heavy atom. The van der Waals surface area contributed by atoms with E-state index in [-0.39, 0.29) is 5.56 Å². The minimum atomic E-state index is -0.559. The zero-order valence-corrected chi connectivity index (χ0v) is 13.2. The lowest BCUT2D eigenvalue weighted by Gasteiger charge is -2.07. The fourth-order valence-electron chi connectivity index (χ4n) is 2.87. The topological polar surface area (TPSA) is 103 Å². The van der Waals surface area contributed by atoms with Gasteiger partial charge in [0.15, 0.2) is 5.65 Å². The van der Waals surface area contributed by atoms with Gasteiger partial charge in [0.1, 0.15) is 17.0 Å². The Labute approximate surface area is 136 Å². The fraction of sp³-hybridized carbons (Fsp3) is 0.125. The van der Waals surface area contributed by atoms with Crippen LogP contribution >= 0.6 is 0 Å². The smallest absolute Gasteiger partial charge is 0.254 e. The van der Waals surface area contributed by atoms with Gasteiger partial charge >= 0.3 is 0 Å². The molecular weight excluding hydrogens is 306 g/mol. The number of aromatic nitrogens is 5. The summed E-state index contributed by atoms with van der Waals surface area (Å²) in [5.74, 6) is 0.152. The maximum Gasteiger partial charge on any atom is 0.254 e. The average Bonchev–Trinajstić information content (AvgIpc) is 3.16. The molecule has 0 saturated carbocycles. The van der Waals surface area contributed by atoms with E-state index in [1.165, 1.54) is 6.20 Å². The summed E-state index contributed by atoms with van der Waals surface area (Å²) in [5.41, 5.74) is 8.65. The second kappa shape index (κ2) is 5.05. The molecule has 0 fully saturated rings. The van der Waals surface area contributed by atoms with Crippen LogP contribution in [0.1, 0.15) is 10.4 Å². The summed E-state index contributed by atoms with van der Waals surface area (Å²) < 4.78 is 3.51. The highest BCUT2D eigenvalue weighted by Gasteiger charge is 2.17. The van der Waals surface area contributed by atoms with Crippen LogP contribution < -0.4 is 11.1 Å². The summed E-state index contributed by atoms with van der Waals surface area (Å²) in [5, 5.41) is 8.24. The molecule has 0 unspecified atom stereocenters. The third-order valence-electron chi connectivity index (χ3n) is 4.00. The first-order chi connectivity index (χ1) is 11.6. The van der Waals surface area contributed by atoms with Crippen LogP contribution in [0.2, 0.25) is 0 Å². The highest BCUT2D eigenvalue weighted by molar-refractivity contribution is 5.99. The molecule has 0 aliphatic carbocycles. The first-order valence-electron chi connectivity index (χ1n) is 7.37. The van der Waals surface area contributed by atoms with Gasteiger partial charge in [0, 0.05) is 43.5 Å². The van der Waals surface area contributed by atoms with Crippen LogP contribution in [0.25, 0.3) is 27.9 Å². The number of primary amides is 1. The number of fused-ring (bicyclic) bond motifs is 2. The van der Waals surface area contributed by atoms with E-state index in [1.807, 2.05) is 36.0 Å². The normalized spacial score (nSPS) is 11.2. The molecule has 0 aliphatic rings. The molecule has 0 atom stereocenters. The maximum atomic E-state index is 11.6. The molecule has 120 valence electrons. The van der Waals surface area contributed by atoms with Gasteiger partial charge in [-0.25, -0.2) is 9.97 Å². The highest BCUT2D eigenvalue weighted by Crippen LogP contribution is 2.30. The lowest BCUT2D eigenvalue weighted by Crippen LogP contribution is -2.11. The zero-order chi connectivity index (χ0) is 16.8. The zero-order valence-electron chi connectivity index (χ0n) is 13.2. The van der Waals surface area contributed by atoms with Crippen molar-refractivity contribution < 1.29 is 4.79 Å². The van der Waals surface area contributed by atoms with Crippen molar-refractivity contribution in [3.63, 3.8) is 0 Å². The number of nitrogens with one attached hydrogen (secondary N) is 1. The van der Waals surface area contributed by atoms with Crippen molar-refractivity contribution in [3.8, 4) is 11.3 Å². The van der Waals surface area contributed by atoms with Gasteiger partial charge in [0.05, 0.1) is 11.9 Å². The summed E-state index contributed by atoms with van der Waals surface area (Å²) in [4.78, 5) is 20.6. The molecule has 4 aromatic rings. The first-order valence-corrected chi connectivity index (χ1v) is 7.37. The van der Waals surface area contributed by atoms with E-state index in [2.05, 4.69) is 20.4 Å². The second-order valence-electron chi connectivity index (χ2n) is 5.46. The van der Waals surface area contributed by atoms with Gasteiger partial charge in [-0.3, -0.25) is 4.79 Å². The Hall–Kier alpha value is -3.42. The number of hydrogen-bond donors (Lipinski definition) is 2. The molecule has 1 amide bonds. The second-order valence-corrected chi connectivity index (χ2v) is 5.46. The molecule has 4 heterocycles. The molecule has 8 heteroatoms. The van der Waals surface area contributed by atoms with E-state index >= 15 is 0 Å². The fourth-order valence-corrected chi connectivity index (χ4v) is 2.87. The molecule has 4 aromatic heterocycles. The van der Waals surface area contributed by atoms with E-state index in [1.54, 1.807) is 17.8 Å². The third kappa shape index (κ3) is 1.93. The standard InChI is InChI=1S/C16H15N7O/c1-18-13-6-12(21-16-10(14(17)24)7-20-23(13)16)11-8-22(2)15-9(11)4-3-5-19-15/h3-8,18H,1-2H3,(H2,17,24). The number of carbonyl (C=O) groups excluding carboxylic acids is 1. The molecule has 0 aromatic carbocycles. The first kappa shape index (κ1) is 14.2. The Bertz CT molecular complexity index is 1090. The van der Waals surface area contributed by atoms with Crippen molar-refractivity contribution in [2.45, 2.75) is 0 Å². The van der Waals surface area contributed by atoms with E-state index in [0.29, 0.717) is 17.2 Å². The molecule has 3 N–H and O–H groups in total. The summed E-state index contributed by atoms with van der Waals surface area (Å²) in [6.45, 7) is 0. The molecular formula is C16H15N7O. The van der Waals surface area contributed by atoms with Crippen LogP contribution in [0.3, 0.4) is 0 Å². The lowest BCUT2D eigenvalue weighted by molar-refractivity contribution is 0.100. The Morgan fingerprint density at radius 3 is 2.92 bits per heavy atom. The molecule has 0 aliphatic heterocycles. The van der Waals surface area contributed by atoms with E-state index in [0.717, 1.165) is 16.6 Å². The monoisotopic (exact) mass is 321 g/mol. The van der Waals surface area contributed by atoms with E-state index in [9.17, 15) is 4.79 Å². The minimum absolute atomic E-state index is 0.284. The largest absolute Gasteiger partial charge is 0.373 e. The number of pyridine rings is 1. The average molecular weight is 321 g/mol. The van der Waals surface area contributed by atoms with Gasteiger partial charge in [0.2, 0.25) is 0 Å². The number of amides is 1. The van der Waals surface area contributed by atoms with E-state index < -0.39 is 5.91 Å². The SMILES string of the molecule is CNc1cc(-c2cn(C)c3ncccc23)nc2c(C(N)=O)cnn12. The van der Waals surface area contributed by atoms with Crippen LogP contribution in [0.5, 0.6) is 0 Å². The number of anilines is 1. The van der Waals surface area contributed by atoms with Crippen LogP contribution in [0.4, 0.5) is 5.82 Å². The van der Waals surface area contributed by atoms with Gasteiger partial charge in [-0.15, -0.1) is 0 Å². The quantitative estimate of drug-likeness (QED) is 0.594. The Morgan fingerprint density at radius 1 is 1.33 bits per heavy atom. The maximum absolute atomic E-state index is 11.6. The van der Waals surface area contributed by atoms with Crippen LogP contribution in [-0.2, 0) is 7.05 Å². The van der Waals surface area contributed by atoms with Crippen LogP contribution in [0.15, 0.2) is 36.8 Å². The Kier molecular flexibility index (Phi) is 2.99. The summed E-state index contributed by atoms with van der Waals surface area (Å²) in [7, 11) is 3.72. The molecule has 0 bridgehead atoms. The van der Waals surface area contributed by atoms with Gasteiger partial charge in [0.25, 0.3) is 5.91 Å². The third-order valence-corrected chi connectivity index (χ3v) is 4.00. The van der Waals surface area contributed by atoms with Crippen LogP contribution in [-0.4, -0.2) is 37.1 Å². The van der Waals surface area contributed by atoms with Crippen molar-refractivity contribution in [2.75, 3.05) is 12.4 Å². The Balaban J connectivity index is 2.05. The molecule has 24 heavy (non-hydrogen) atoms. The number of rotatable bonds is 3. The highest BCUT2D eigenvalue weighted by atomic mass is 16.1. The number of carbonyl (C=O) groups is 1. The van der Waals surface area contributed by atoms with Gasteiger partial charge in [-0.05, 0) is 12.1 Å². The summed E-state index contributed by atoms with van der Waals surface area (Å²) >= 11 is 0. The number of nitrogens with two attached hydrogens (primary N) is 1. The van der Waals surface area contributed by atoms with Gasteiger partial charge in [-0.1, -0.05) is 0 Å². The van der Waals surface area contributed by atoms with Crippen molar-refractivity contribution in [2.24, 2.45) is 12.8 Å². The van der Waals surface area contributed by atoms with Crippen molar-refractivity contribution in [3.05, 3.63) is 42.4 Å². The minimum Gasteiger partial charge on any atom is -0.373 e. The number of nitrogens with zero attached hydrogens (tertiary/aromatic N) is 5. The van der Waals surface area contributed by atoms with Gasteiger partial charge in [-0.2, -0.15) is 9.61 Å². The predicted molar refractivity (Wildman–Crippen MR) is 90.8 cm³/mol.